The van der Waals surface area contributed by atoms with Crippen molar-refractivity contribution < 1.29 is 0 Å². The van der Waals surface area contributed by atoms with Gasteiger partial charge in [0.15, 0.2) is 0 Å². The fraction of sp³-hybridized carbons (Fsp3) is 0.0159. The molecule has 0 saturated carbocycles. The SMILES string of the molecule is c1cc(-c2cncc(-c3ccncc3)c2)cc(-c2cc(-c3cccc(-c4cncc(-c5ccncc5)c4)c3)cc(-c3cccc4c3-c3ccccc3C43c4ccccc4-c4ccccc43)c2)c1. The van der Waals surface area contributed by atoms with E-state index in [9.17, 15) is 0 Å². The number of benzene rings is 7. The van der Waals surface area contributed by atoms with Crippen molar-refractivity contribution in [2.75, 3.05) is 0 Å². The van der Waals surface area contributed by atoms with Crippen molar-refractivity contribution in [1.29, 1.82) is 0 Å². The van der Waals surface area contributed by atoms with Crippen molar-refractivity contribution in [2.24, 2.45) is 0 Å². The summed E-state index contributed by atoms with van der Waals surface area (Å²) in [4.78, 5) is 17.8. The molecule has 0 saturated heterocycles. The Balaban J connectivity index is 1.01. The van der Waals surface area contributed by atoms with Crippen molar-refractivity contribution in [1.82, 2.24) is 19.9 Å². The van der Waals surface area contributed by atoms with Gasteiger partial charge in [-0.2, -0.15) is 0 Å². The Morgan fingerprint density at radius 2 is 0.567 bits per heavy atom. The largest absolute Gasteiger partial charge is 0.265 e. The summed E-state index contributed by atoms with van der Waals surface area (Å²) in [5.74, 6) is 0. The standard InChI is InChI=1S/C63H40N4/c1-4-18-58-55(14-1)56-15-2-5-19-59(56)63(58)60-20-6-3-16-57(60)62-54(17-9-21-61(62)63)49-33-47(43-10-7-12-45(30-43)52-35-50(37-66-39-52)41-22-26-64-27-23-41)32-48(34-49)44-11-8-13-46(31-44)53-36-51(38-67-40-53)42-24-28-65-29-25-42/h1-40H. The van der Waals surface area contributed by atoms with Crippen LogP contribution in [0, 0.1) is 0 Å². The smallest absolute Gasteiger partial charge is 0.0725 e. The molecule has 4 heteroatoms. The van der Waals surface area contributed by atoms with E-state index in [1.54, 1.807) is 0 Å². The predicted molar refractivity (Wildman–Crippen MR) is 272 cm³/mol. The Morgan fingerprint density at radius 3 is 1.07 bits per heavy atom. The van der Waals surface area contributed by atoms with Crippen LogP contribution in [0.1, 0.15) is 22.3 Å². The molecule has 0 bridgehead atoms. The highest BCUT2D eigenvalue weighted by Crippen LogP contribution is 2.64. The number of nitrogens with zero attached hydrogens (tertiary/aromatic N) is 4. The van der Waals surface area contributed by atoms with Gasteiger partial charge in [0.25, 0.3) is 0 Å². The van der Waals surface area contributed by atoms with Gasteiger partial charge in [0.2, 0.25) is 0 Å². The van der Waals surface area contributed by atoms with Crippen LogP contribution >= 0.6 is 0 Å². The van der Waals surface area contributed by atoms with Crippen molar-refractivity contribution in [3.63, 3.8) is 0 Å². The zero-order chi connectivity index (χ0) is 44.3. The van der Waals surface area contributed by atoms with E-state index in [2.05, 4.69) is 190 Å². The average molecular weight is 853 g/mol. The Morgan fingerprint density at radius 1 is 0.224 bits per heavy atom. The highest BCUT2D eigenvalue weighted by molar-refractivity contribution is 6.01. The molecule has 67 heavy (non-hydrogen) atoms. The maximum atomic E-state index is 4.69. The van der Waals surface area contributed by atoms with E-state index in [0.29, 0.717) is 0 Å². The van der Waals surface area contributed by atoms with Crippen molar-refractivity contribution in [2.45, 2.75) is 5.41 Å². The lowest BCUT2D eigenvalue weighted by Crippen LogP contribution is -2.25. The Bertz CT molecular complexity index is 3520. The number of hydrogen-bond acceptors (Lipinski definition) is 4. The molecule has 2 aliphatic rings. The first kappa shape index (κ1) is 38.6. The molecule has 0 aliphatic heterocycles. The molecule has 4 heterocycles. The van der Waals surface area contributed by atoms with Gasteiger partial charge in [0.05, 0.1) is 5.41 Å². The van der Waals surface area contributed by atoms with Gasteiger partial charge < -0.3 is 0 Å². The minimum atomic E-state index is -0.435. The highest BCUT2D eigenvalue weighted by Gasteiger charge is 2.52. The number of fused-ring (bicyclic) bond motifs is 10. The van der Waals surface area contributed by atoms with E-state index < -0.39 is 5.41 Å². The van der Waals surface area contributed by atoms with Crippen LogP contribution in [0.5, 0.6) is 0 Å². The van der Waals surface area contributed by atoms with E-state index in [1.807, 2.05) is 73.8 Å². The van der Waals surface area contributed by atoms with E-state index in [1.165, 1.54) is 50.1 Å². The summed E-state index contributed by atoms with van der Waals surface area (Å²) >= 11 is 0. The van der Waals surface area contributed by atoms with Gasteiger partial charge in [-0.3, -0.25) is 19.9 Å². The lowest BCUT2D eigenvalue weighted by Gasteiger charge is -2.30. The molecule has 0 unspecified atom stereocenters. The molecular weight excluding hydrogens is 813 g/mol. The quantitative estimate of drug-likeness (QED) is 0.160. The molecule has 1 spiro atoms. The molecule has 0 amide bonds. The molecule has 7 aromatic carbocycles. The molecule has 0 atom stereocenters. The molecule has 312 valence electrons. The summed E-state index contributed by atoms with van der Waals surface area (Å²) in [5, 5.41) is 0. The third-order valence-corrected chi connectivity index (χ3v) is 13.8. The second kappa shape index (κ2) is 15.7. The summed E-state index contributed by atoms with van der Waals surface area (Å²) in [7, 11) is 0. The summed E-state index contributed by atoms with van der Waals surface area (Å²) in [6.07, 6.45) is 15.0. The van der Waals surface area contributed by atoms with E-state index in [4.69, 9.17) is 0 Å². The number of hydrogen-bond donors (Lipinski definition) is 0. The minimum Gasteiger partial charge on any atom is -0.265 e. The monoisotopic (exact) mass is 852 g/mol. The van der Waals surface area contributed by atoms with E-state index >= 15 is 0 Å². The first-order chi connectivity index (χ1) is 33.2. The fourth-order valence-corrected chi connectivity index (χ4v) is 10.9. The topological polar surface area (TPSA) is 51.6 Å². The maximum absolute atomic E-state index is 4.69. The van der Waals surface area contributed by atoms with Crippen LogP contribution in [0.25, 0.3) is 100 Å². The molecule has 4 nitrogen and oxygen atoms in total. The van der Waals surface area contributed by atoms with Crippen LogP contribution in [0.15, 0.2) is 244 Å². The van der Waals surface area contributed by atoms with Crippen molar-refractivity contribution in [3.8, 4) is 100 Å². The molecule has 4 aromatic heterocycles. The molecule has 11 aromatic rings. The second-order valence-electron chi connectivity index (χ2n) is 17.5. The highest BCUT2D eigenvalue weighted by atomic mass is 14.6. The third kappa shape index (κ3) is 6.29. The molecule has 0 radical (unpaired) electrons. The zero-order valence-corrected chi connectivity index (χ0v) is 36.4. The van der Waals surface area contributed by atoms with E-state index in [-0.39, 0.29) is 0 Å². The second-order valence-corrected chi connectivity index (χ2v) is 17.5. The summed E-state index contributed by atoms with van der Waals surface area (Å²) < 4.78 is 0. The minimum absolute atomic E-state index is 0.435. The number of rotatable bonds is 7. The Labute approximate surface area is 389 Å². The summed E-state index contributed by atoms with van der Waals surface area (Å²) in [6.45, 7) is 0. The van der Waals surface area contributed by atoms with Crippen molar-refractivity contribution in [3.05, 3.63) is 266 Å². The lowest BCUT2D eigenvalue weighted by molar-refractivity contribution is 0.794. The van der Waals surface area contributed by atoms with Crippen molar-refractivity contribution >= 4 is 0 Å². The van der Waals surface area contributed by atoms with Gasteiger partial charge >= 0.3 is 0 Å². The van der Waals surface area contributed by atoms with Gasteiger partial charge in [0.1, 0.15) is 0 Å². The molecule has 13 rings (SSSR count). The van der Waals surface area contributed by atoms with Crippen LogP contribution in [-0.4, -0.2) is 19.9 Å². The molecule has 2 aliphatic carbocycles. The Kier molecular flexibility index (Phi) is 9.04. The average Bonchev–Trinajstić information content (AvgIpc) is 3.89. The van der Waals surface area contributed by atoms with Gasteiger partial charge in [-0.25, -0.2) is 0 Å². The van der Waals surface area contributed by atoms with Crippen LogP contribution in [0.4, 0.5) is 0 Å². The number of aromatic nitrogens is 4. The van der Waals surface area contributed by atoms with Crippen LogP contribution in [-0.2, 0) is 5.41 Å². The van der Waals surface area contributed by atoms with Gasteiger partial charge in [-0.05, 0) is 167 Å². The number of pyridine rings is 4. The Hall–Kier alpha value is -8.86. The normalized spacial score (nSPS) is 12.6. The van der Waals surface area contributed by atoms with Crippen LogP contribution in [0.3, 0.4) is 0 Å². The molecule has 0 N–H and O–H groups in total. The molecular formula is C63H40N4. The zero-order valence-electron chi connectivity index (χ0n) is 36.4. The van der Waals surface area contributed by atoms with E-state index in [0.717, 1.165) is 72.3 Å². The lowest BCUT2D eigenvalue weighted by atomic mass is 9.70. The van der Waals surface area contributed by atoms with Gasteiger partial charge in [0, 0.05) is 71.8 Å². The first-order valence-electron chi connectivity index (χ1n) is 22.7. The summed E-state index contributed by atoms with van der Waals surface area (Å²) in [6, 6.07) is 71.5. The maximum Gasteiger partial charge on any atom is 0.0725 e. The van der Waals surface area contributed by atoms with Gasteiger partial charge in [-0.1, -0.05) is 127 Å². The predicted octanol–water partition coefficient (Wildman–Crippen LogP) is 15.3. The third-order valence-electron chi connectivity index (χ3n) is 13.8. The summed E-state index contributed by atoms with van der Waals surface area (Å²) in [5.41, 5.74) is 25.6. The fourth-order valence-electron chi connectivity index (χ4n) is 10.9. The van der Waals surface area contributed by atoms with Crippen LogP contribution < -0.4 is 0 Å². The molecule has 0 fully saturated rings. The van der Waals surface area contributed by atoms with Crippen LogP contribution in [0.2, 0.25) is 0 Å². The van der Waals surface area contributed by atoms with Gasteiger partial charge in [-0.15, -0.1) is 0 Å². The first-order valence-corrected chi connectivity index (χ1v) is 22.7.